The van der Waals surface area contributed by atoms with Crippen molar-refractivity contribution in [1.29, 1.82) is 0 Å². The van der Waals surface area contributed by atoms with Crippen LogP contribution in [0.15, 0.2) is 36.4 Å². The highest BCUT2D eigenvalue weighted by atomic mass is 19.2. The number of nitrogen functional groups attached to an aromatic ring is 1. The van der Waals surface area contributed by atoms with Gasteiger partial charge in [-0.15, -0.1) is 0 Å². The van der Waals surface area contributed by atoms with E-state index < -0.39 is 17.5 Å². The van der Waals surface area contributed by atoms with Gasteiger partial charge < -0.3 is 5.73 Å². The fourth-order valence-electron chi connectivity index (χ4n) is 1.39. The average molecular weight is 247 g/mol. The molecule has 0 saturated heterocycles. The number of halogens is 3. The number of anilines is 1. The summed E-state index contributed by atoms with van der Waals surface area (Å²) in [6.07, 6.45) is 0. The molecular weight excluding hydrogens is 239 g/mol. The van der Waals surface area contributed by atoms with Gasteiger partial charge in [-0.25, -0.2) is 13.2 Å². The summed E-state index contributed by atoms with van der Waals surface area (Å²) >= 11 is 0. The van der Waals surface area contributed by atoms with Gasteiger partial charge in [-0.1, -0.05) is 17.9 Å². The van der Waals surface area contributed by atoms with Gasteiger partial charge in [-0.2, -0.15) is 0 Å². The standard InChI is InChI=1S/C14H8F3N/c15-12-7-10(8-13(16)14(12)17)5-4-9-2-1-3-11(18)6-9/h1-3,6-8H,18H2. The predicted octanol–water partition coefficient (Wildman–Crippen LogP) is 3.09. The molecule has 2 N–H and O–H groups in total. The lowest BCUT2D eigenvalue weighted by Crippen LogP contribution is -1.91. The molecular formula is C14H8F3N. The molecule has 2 aromatic carbocycles. The first-order valence-electron chi connectivity index (χ1n) is 5.08. The Morgan fingerprint density at radius 1 is 0.833 bits per heavy atom. The minimum Gasteiger partial charge on any atom is -0.399 e. The fraction of sp³-hybridized carbons (Fsp3) is 0. The van der Waals surface area contributed by atoms with Crippen molar-refractivity contribution in [2.24, 2.45) is 0 Å². The monoisotopic (exact) mass is 247 g/mol. The van der Waals surface area contributed by atoms with Gasteiger partial charge >= 0.3 is 0 Å². The first kappa shape index (κ1) is 12.1. The van der Waals surface area contributed by atoms with E-state index in [9.17, 15) is 13.2 Å². The number of hydrogen-bond donors (Lipinski definition) is 1. The van der Waals surface area contributed by atoms with Gasteiger partial charge in [0.25, 0.3) is 0 Å². The molecule has 0 radical (unpaired) electrons. The topological polar surface area (TPSA) is 26.0 Å². The minimum absolute atomic E-state index is 0.0637. The van der Waals surface area contributed by atoms with Crippen LogP contribution in [0.1, 0.15) is 11.1 Å². The van der Waals surface area contributed by atoms with Crippen LogP contribution < -0.4 is 5.73 Å². The first-order chi connectivity index (χ1) is 8.56. The second-order valence-electron chi connectivity index (χ2n) is 3.63. The van der Waals surface area contributed by atoms with Crippen LogP contribution in [0.2, 0.25) is 0 Å². The summed E-state index contributed by atoms with van der Waals surface area (Å²) < 4.78 is 38.6. The molecule has 0 bridgehead atoms. The Balaban J connectivity index is 2.36. The summed E-state index contributed by atoms with van der Waals surface area (Å²) in [4.78, 5) is 0. The van der Waals surface area contributed by atoms with Crippen molar-refractivity contribution < 1.29 is 13.2 Å². The molecule has 90 valence electrons. The molecule has 0 aliphatic rings. The molecule has 0 aliphatic carbocycles. The van der Waals surface area contributed by atoms with Crippen LogP contribution >= 0.6 is 0 Å². The van der Waals surface area contributed by atoms with Crippen molar-refractivity contribution >= 4 is 5.69 Å². The van der Waals surface area contributed by atoms with Gasteiger partial charge in [0.05, 0.1) is 0 Å². The smallest absolute Gasteiger partial charge is 0.194 e. The molecule has 2 rings (SSSR count). The largest absolute Gasteiger partial charge is 0.399 e. The molecule has 0 aliphatic heterocycles. The maximum absolute atomic E-state index is 12.9. The molecule has 0 fully saturated rings. The van der Waals surface area contributed by atoms with Gasteiger partial charge in [0.15, 0.2) is 17.5 Å². The molecule has 0 spiro atoms. The zero-order chi connectivity index (χ0) is 13.1. The summed E-state index contributed by atoms with van der Waals surface area (Å²) in [6.45, 7) is 0. The Hall–Kier alpha value is -2.41. The lowest BCUT2D eigenvalue weighted by molar-refractivity contribution is 0.446. The van der Waals surface area contributed by atoms with Crippen molar-refractivity contribution in [3.63, 3.8) is 0 Å². The molecule has 0 aromatic heterocycles. The highest BCUT2D eigenvalue weighted by Gasteiger charge is 2.08. The quantitative estimate of drug-likeness (QED) is 0.432. The number of benzene rings is 2. The summed E-state index contributed by atoms with van der Waals surface area (Å²) in [5, 5.41) is 0. The molecule has 0 amide bonds. The molecule has 1 nitrogen and oxygen atoms in total. The highest BCUT2D eigenvalue weighted by molar-refractivity contribution is 5.49. The Bertz CT molecular complexity index is 631. The Morgan fingerprint density at radius 2 is 1.44 bits per heavy atom. The van der Waals surface area contributed by atoms with Crippen LogP contribution in [0.4, 0.5) is 18.9 Å². The van der Waals surface area contributed by atoms with Gasteiger partial charge in [0.1, 0.15) is 0 Å². The van der Waals surface area contributed by atoms with E-state index in [0.717, 1.165) is 12.1 Å². The Labute approximate surface area is 102 Å². The van der Waals surface area contributed by atoms with Crippen molar-refractivity contribution in [3.8, 4) is 11.8 Å². The van der Waals surface area contributed by atoms with E-state index in [1.165, 1.54) is 0 Å². The van der Waals surface area contributed by atoms with Crippen molar-refractivity contribution in [3.05, 3.63) is 65.0 Å². The second-order valence-corrected chi connectivity index (χ2v) is 3.63. The molecule has 0 unspecified atom stereocenters. The second kappa shape index (κ2) is 4.84. The van der Waals surface area contributed by atoms with Crippen LogP contribution in [0.25, 0.3) is 0 Å². The molecule has 18 heavy (non-hydrogen) atoms. The molecule has 0 atom stereocenters. The number of nitrogens with two attached hydrogens (primary N) is 1. The van der Waals surface area contributed by atoms with Crippen LogP contribution in [0.5, 0.6) is 0 Å². The van der Waals surface area contributed by atoms with Gasteiger partial charge in [-0.3, -0.25) is 0 Å². The lowest BCUT2D eigenvalue weighted by atomic mass is 10.1. The number of rotatable bonds is 0. The maximum Gasteiger partial charge on any atom is 0.194 e. The van der Waals surface area contributed by atoms with E-state index in [1.807, 2.05) is 0 Å². The van der Waals surface area contributed by atoms with Crippen LogP contribution in [0.3, 0.4) is 0 Å². The molecule has 0 heterocycles. The van der Waals surface area contributed by atoms with E-state index >= 15 is 0 Å². The first-order valence-corrected chi connectivity index (χ1v) is 5.08. The van der Waals surface area contributed by atoms with E-state index in [2.05, 4.69) is 11.8 Å². The third-order valence-corrected chi connectivity index (χ3v) is 2.22. The van der Waals surface area contributed by atoms with E-state index in [0.29, 0.717) is 11.3 Å². The fourth-order valence-corrected chi connectivity index (χ4v) is 1.39. The van der Waals surface area contributed by atoms with Crippen molar-refractivity contribution in [2.45, 2.75) is 0 Å². The predicted molar refractivity (Wildman–Crippen MR) is 63.2 cm³/mol. The summed E-state index contributed by atoms with van der Waals surface area (Å²) in [5.41, 5.74) is 6.77. The number of hydrogen-bond acceptors (Lipinski definition) is 1. The lowest BCUT2D eigenvalue weighted by Gasteiger charge is -1.96. The Morgan fingerprint density at radius 3 is 2.06 bits per heavy atom. The van der Waals surface area contributed by atoms with Crippen LogP contribution in [0, 0.1) is 29.3 Å². The summed E-state index contributed by atoms with van der Waals surface area (Å²) in [5.74, 6) is 1.22. The Kier molecular flexibility index (Phi) is 3.24. The van der Waals surface area contributed by atoms with Gasteiger partial charge in [-0.05, 0) is 30.3 Å². The van der Waals surface area contributed by atoms with Crippen molar-refractivity contribution in [2.75, 3.05) is 5.73 Å². The van der Waals surface area contributed by atoms with Crippen LogP contribution in [-0.2, 0) is 0 Å². The zero-order valence-electron chi connectivity index (χ0n) is 9.18. The van der Waals surface area contributed by atoms with Crippen LogP contribution in [-0.4, -0.2) is 0 Å². The van der Waals surface area contributed by atoms with Crippen molar-refractivity contribution in [1.82, 2.24) is 0 Å². The molecule has 4 heteroatoms. The zero-order valence-corrected chi connectivity index (χ0v) is 9.18. The van der Waals surface area contributed by atoms with E-state index in [1.54, 1.807) is 24.3 Å². The third kappa shape index (κ3) is 2.64. The summed E-state index contributed by atoms with van der Waals surface area (Å²) in [7, 11) is 0. The molecule has 2 aromatic rings. The SMILES string of the molecule is Nc1cccc(C#Cc2cc(F)c(F)c(F)c2)c1. The third-order valence-electron chi connectivity index (χ3n) is 2.22. The average Bonchev–Trinajstić information content (AvgIpc) is 2.33. The van der Waals surface area contributed by atoms with E-state index in [4.69, 9.17) is 5.73 Å². The molecule has 0 saturated carbocycles. The normalized spacial score (nSPS) is 9.72. The maximum atomic E-state index is 12.9. The minimum atomic E-state index is -1.50. The van der Waals surface area contributed by atoms with Gasteiger partial charge in [0.2, 0.25) is 0 Å². The van der Waals surface area contributed by atoms with Gasteiger partial charge in [0, 0.05) is 16.8 Å². The van der Waals surface area contributed by atoms with E-state index in [-0.39, 0.29) is 5.56 Å². The summed E-state index contributed by atoms with van der Waals surface area (Å²) in [6, 6.07) is 8.44. The highest BCUT2D eigenvalue weighted by Crippen LogP contribution is 2.13.